The molecule has 0 aliphatic heterocycles. The van der Waals surface area contributed by atoms with Crippen LogP contribution in [0.25, 0.3) is 0 Å². The van der Waals surface area contributed by atoms with Crippen LogP contribution in [0.1, 0.15) is 70.3 Å². The Balaban J connectivity index is 2.44. The number of nitrogens with two attached hydrogens (primary N) is 1. The minimum absolute atomic E-state index is 0.461. The van der Waals surface area contributed by atoms with E-state index < -0.39 is 5.60 Å². The zero-order valence-electron chi connectivity index (χ0n) is 12.6. The van der Waals surface area contributed by atoms with Gasteiger partial charge < -0.3 is 10.5 Å². The fourth-order valence-corrected chi connectivity index (χ4v) is 3.33. The van der Waals surface area contributed by atoms with Crippen molar-refractivity contribution in [2.24, 2.45) is 0 Å². The lowest BCUT2D eigenvalue weighted by Crippen LogP contribution is -2.29. The van der Waals surface area contributed by atoms with Gasteiger partial charge in [-0.3, -0.25) is 0 Å². The van der Waals surface area contributed by atoms with Crippen LogP contribution in [0.2, 0.25) is 0 Å². The summed E-state index contributed by atoms with van der Waals surface area (Å²) in [5.74, 6) is 1.73. The Kier molecular flexibility index (Phi) is 5.02. The van der Waals surface area contributed by atoms with Gasteiger partial charge >= 0.3 is 0 Å². The molecule has 1 unspecified atom stereocenters. The highest BCUT2D eigenvalue weighted by Crippen LogP contribution is 2.39. The average molecular weight is 342 g/mol. The first-order valence-electron chi connectivity index (χ1n) is 7.49. The molecule has 1 fully saturated rings. The molecule has 112 valence electrons. The summed E-state index contributed by atoms with van der Waals surface area (Å²) in [4.78, 5) is 9.27. The predicted molar refractivity (Wildman–Crippen MR) is 84.6 cm³/mol. The quantitative estimate of drug-likeness (QED) is 0.874. The number of aromatic nitrogens is 2. The molecule has 0 radical (unpaired) electrons. The topological polar surface area (TPSA) is 61.0 Å². The molecule has 0 bridgehead atoms. The first kappa shape index (κ1) is 15.7. The molecule has 2 rings (SSSR count). The van der Waals surface area contributed by atoms with Crippen LogP contribution in [-0.4, -0.2) is 16.6 Å². The summed E-state index contributed by atoms with van der Waals surface area (Å²) >= 11 is 3.56. The standard InChI is InChI=1S/C15H24BrN3O/c1-4-15(3,20-5-2)14-18-12(10-8-6-7-9-10)11(16)13(17)19-14/h10H,4-9H2,1-3H3,(H2,17,18,19). The van der Waals surface area contributed by atoms with E-state index in [1.807, 2.05) is 13.8 Å². The van der Waals surface area contributed by atoms with E-state index in [-0.39, 0.29) is 0 Å². The van der Waals surface area contributed by atoms with Crippen molar-refractivity contribution in [1.29, 1.82) is 0 Å². The number of hydrogen-bond donors (Lipinski definition) is 1. The van der Waals surface area contributed by atoms with Gasteiger partial charge in [0, 0.05) is 12.5 Å². The molecule has 0 saturated heterocycles. The Morgan fingerprint density at radius 1 is 1.30 bits per heavy atom. The Hall–Kier alpha value is -0.680. The Morgan fingerprint density at radius 3 is 2.50 bits per heavy atom. The van der Waals surface area contributed by atoms with E-state index in [0.29, 0.717) is 24.2 Å². The molecule has 1 heterocycles. The van der Waals surface area contributed by atoms with E-state index in [4.69, 9.17) is 15.5 Å². The van der Waals surface area contributed by atoms with Gasteiger partial charge in [-0.25, -0.2) is 9.97 Å². The maximum absolute atomic E-state index is 6.08. The molecule has 0 aromatic carbocycles. The van der Waals surface area contributed by atoms with Crippen LogP contribution in [0, 0.1) is 0 Å². The molecule has 1 aliphatic carbocycles. The number of anilines is 1. The fourth-order valence-electron chi connectivity index (χ4n) is 2.83. The van der Waals surface area contributed by atoms with E-state index in [0.717, 1.165) is 16.6 Å². The molecular formula is C15H24BrN3O. The second kappa shape index (κ2) is 6.39. The molecule has 20 heavy (non-hydrogen) atoms. The number of nitrogens with zero attached hydrogens (tertiary/aromatic N) is 2. The Morgan fingerprint density at radius 2 is 1.95 bits per heavy atom. The second-order valence-electron chi connectivity index (χ2n) is 5.63. The van der Waals surface area contributed by atoms with Crippen LogP contribution in [-0.2, 0) is 10.3 Å². The zero-order valence-corrected chi connectivity index (χ0v) is 14.2. The number of rotatable bonds is 5. The van der Waals surface area contributed by atoms with E-state index in [1.165, 1.54) is 25.7 Å². The minimum Gasteiger partial charge on any atom is -0.383 e. The van der Waals surface area contributed by atoms with E-state index in [2.05, 4.69) is 27.8 Å². The third-order valence-electron chi connectivity index (χ3n) is 4.25. The number of halogens is 1. The van der Waals surface area contributed by atoms with Gasteiger partial charge in [0.2, 0.25) is 0 Å². The maximum Gasteiger partial charge on any atom is 0.162 e. The summed E-state index contributed by atoms with van der Waals surface area (Å²) in [7, 11) is 0. The van der Waals surface area contributed by atoms with Crippen molar-refractivity contribution in [1.82, 2.24) is 9.97 Å². The van der Waals surface area contributed by atoms with Crippen LogP contribution >= 0.6 is 15.9 Å². The van der Waals surface area contributed by atoms with Gasteiger partial charge in [-0.15, -0.1) is 0 Å². The average Bonchev–Trinajstić information content (AvgIpc) is 2.95. The third-order valence-corrected chi connectivity index (χ3v) is 5.07. The summed E-state index contributed by atoms with van der Waals surface area (Å²) in [5.41, 5.74) is 6.68. The first-order valence-corrected chi connectivity index (χ1v) is 8.28. The van der Waals surface area contributed by atoms with Crippen molar-refractivity contribution >= 4 is 21.7 Å². The Labute approximate surface area is 129 Å². The van der Waals surface area contributed by atoms with Crippen molar-refractivity contribution < 1.29 is 4.74 Å². The lowest BCUT2D eigenvalue weighted by molar-refractivity contribution is -0.0391. The number of ether oxygens (including phenoxy) is 1. The summed E-state index contributed by atoms with van der Waals surface area (Å²) in [6.45, 7) is 6.76. The highest BCUT2D eigenvalue weighted by Gasteiger charge is 2.32. The van der Waals surface area contributed by atoms with Crippen molar-refractivity contribution in [3.63, 3.8) is 0 Å². The molecule has 5 heteroatoms. The largest absolute Gasteiger partial charge is 0.383 e. The summed E-state index contributed by atoms with van der Waals surface area (Å²) in [6, 6.07) is 0. The maximum atomic E-state index is 6.08. The molecule has 1 aromatic rings. The third kappa shape index (κ3) is 2.98. The van der Waals surface area contributed by atoms with Gasteiger partial charge in [-0.05, 0) is 49.0 Å². The lowest BCUT2D eigenvalue weighted by atomic mass is 9.99. The molecule has 1 saturated carbocycles. The normalized spacial score (nSPS) is 19.2. The van der Waals surface area contributed by atoms with Gasteiger partial charge in [0.15, 0.2) is 5.82 Å². The zero-order chi connectivity index (χ0) is 14.8. The van der Waals surface area contributed by atoms with Gasteiger partial charge in [0.05, 0.1) is 10.2 Å². The fraction of sp³-hybridized carbons (Fsp3) is 0.733. The van der Waals surface area contributed by atoms with Crippen molar-refractivity contribution in [2.75, 3.05) is 12.3 Å². The first-order chi connectivity index (χ1) is 9.51. The molecule has 0 spiro atoms. The SMILES string of the molecule is CCOC(C)(CC)c1nc(N)c(Br)c(C2CCCC2)n1. The van der Waals surface area contributed by atoms with E-state index in [9.17, 15) is 0 Å². The highest BCUT2D eigenvalue weighted by molar-refractivity contribution is 9.10. The van der Waals surface area contributed by atoms with Gasteiger partial charge in [0.25, 0.3) is 0 Å². The van der Waals surface area contributed by atoms with E-state index in [1.54, 1.807) is 0 Å². The molecule has 1 aromatic heterocycles. The molecular weight excluding hydrogens is 318 g/mol. The summed E-state index contributed by atoms with van der Waals surface area (Å²) in [6.07, 6.45) is 5.74. The number of hydrogen-bond acceptors (Lipinski definition) is 4. The smallest absolute Gasteiger partial charge is 0.162 e. The molecule has 0 amide bonds. The van der Waals surface area contributed by atoms with Crippen LogP contribution in [0.5, 0.6) is 0 Å². The summed E-state index contributed by atoms with van der Waals surface area (Å²) < 4.78 is 6.75. The van der Waals surface area contributed by atoms with Crippen molar-refractivity contribution in [3.8, 4) is 0 Å². The minimum atomic E-state index is -0.461. The second-order valence-corrected chi connectivity index (χ2v) is 6.42. The number of nitrogen functional groups attached to an aromatic ring is 1. The molecule has 4 nitrogen and oxygen atoms in total. The van der Waals surface area contributed by atoms with Gasteiger partial charge in [-0.1, -0.05) is 19.8 Å². The molecule has 2 N–H and O–H groups in total. The molecule has 1 atom stereocenters. The Bertz CT molecular complexity index is 474. The highest BCUT2D eigenvalue weighted by atomic mass is 79.9. The lowest BCUT2D eigenvalue weighted by Gasteiger charge is -2.28. The monoisotopic (exact) mass is 341 g/mol. The van der Waals surface area contributed by atoms with Crippen LogP contribution in [0.3, 0.4) is 0 Å². The van der Waals surface area contributed by atoms with E-state index >= 15 is 0 Å². The van der Waals surface area contributed by atoms with Gasteiger partial charge in [0.1, 0.15) is 11.4 Å². The van der Waals surface area contributed by atoms with Crippen molar-refractivity contribution in [2.45, 2.75) is 64.4 Å². The van der Waals surface area contributed by atoms with Crippen LogP contribution in [0.4, 0.5) is 5.82 Å². The molecule has 1 aliphatic rings. The predicted octanol–water partition coefficient (Wildman–Crippen LogP) is 4.14. The van der Waals surface area contributed by atoms with Crippen molar-refractivity contribution in [3.05, 3.63) is 16.0 Å². The van der Waals surface area contributed by atoms with Crippen LogP contribution in [0.15, 0.2) is 4.47 Å². The van der Waals surface area contributed by atoms with Crippen LogP contribution < -0.4 is 5.73 Å². The van der Waals surface area contributed by atoms with Gasteiger partial charge in [-0.2, -0.15) is 0 Å². The summed E-state index contributed by atoms with van der Waals surface area (Å²) in [5, 5.41) is 0.